The smallest absolute Gasteiger partial charge is 0.483 e. The van der Waals surface area contributed by atoms with Crippen LogP contribution in [0, 0.1) is 28.1 Å². The number of hydrogen-bond donors (Lipinski definition) is 2. The normalized spacial score (nSPS) is 43.9. The summed E-state index contributed by atoms with van der Waals surface area (Å²) in [5, 5.41) is 18.7. The monoisotopic (exact) mass is 599 g/mol. The molecule has 1 heterocycles. The van der Waals surface area contributed by atoms with Crippen molar-refractivity contribution in [2.75, 3.05) is 0 Å². The molecule has 206 valence electrons. The number of rotatable bonds is 4. The number of carbonyl (C=O) groups is 3. The van der Waals surface area contributed by atoms with Gasteiger partial charge in [0.15, 0.2) is 5.78 Å². The van der Waals surface area contributed by atoms with E-state index in [1.54, 1.807) is 6.92 Å². The Kier molecular flexibility index (Phi) is 13.1. The molecule has 6 nitrogen and oxygen atoms in total. The number of carboxylic acid groups (broad SMARTS) is 1. The average Bonchev–Trinajstić information content (AvgIpc) is 3.41. The molecule has 4 fully saturated rings. The van der Waals surface area contributed by atoms with E-state index in [9.17, 15) is 14.7 Å². The first-order valence-corrected chi connectivity index (χ1v) is 12.3. The molecule has 0 aromatic rings. The average molecular weight is 600 g/mol. The molecule has 2 N–H and O–H groups in total. The Hall–Kier alpha value is 0.896. The Morgan fingerprint density at radius 1 is 1.24 bits per heavy atom. The van der Waals surface area contributed by atoms with Gasteiger partial charge in [-0.15, -0.1) is 6.58 Å². The van der Waals surface area contributed by atoms with Crippen LogP contribution in [0.4, 0.5) is 0 Å². The number of hydrogen-bond acceptors (Lipinski definition) is 5. The Morgan fingerprint density at radius 3 is 2.35 bits per heavy atom. The second-order valence-corrected chi connectivity index (χ2v) is 11.4. The third kappa shape index (κ3) is 4.79. The molecule has 4 aliphatic carbocycles. The number of aliphatic hydroxyl groups is 1. The van der Waals surface area contributed by atoms with Crippen molar-refractivity contribution in [3.05, 3.63) is 24.3 Å². The van der Waals surface area contributed by atoms with Crippen LogP contribution in [0.3, 0.4) is 0 Å². The van der Waals surface area contributed by atoms with E-state index < -0.39 is 16.6 Å². The molecule has 0 aromatic heterocycles. The molecule has 3 saturated carbocycles. The van der Waals surface area contributed by atoms with E-state index in [0.29, 0.717) is 12.8 Å². The van der Waals surface area contributed by atoms with Crippen LogP contribution in [-0.2, 0) is 19.1 Å². The molecule has 1 saturated heterocycles. The van der Waals surface area contributed by atoms with Crippen molar-refractivity contribution >= 4 is 58.5 Å². The van der Waals surface area contributed by atoms with Crippen LogP contribution in [0.2, 0.25) is 0 Å². The maximum atomic E-state index is 13.1. The molecule has 10 heteroatoms. The van der Waals surface area contributed by atoms with Gasteiger partial charge in [0.25, 0.3) is 6.47 Å². The van der Waals surface area contributed by atoms with Crippen molar-refractivity contribution in [2.24, 2.45) is 28.1 Å². The third-order valence-electron chi connectivity index (χ3n) is 10.5. The maximum Gasteiger partial charge on any atom is 1.00 e. The second-order valence-electron chi connectivity index (χ2n) is 11.4. The van der Waals surface area contributed by atoms with Crippen LogP contribution in [0.15, 0.2) is 24.3 Å². The van der Waals surface area contributed by atoms with Crippen molar-refractivity contribution in [3.8, 4) is 0 Å². The van der Waals surface area contributed by atoms with E-state index in [2.05, 4.69) is 33.4 Å². The molecule has 1 aliphatic heterocycles. The summed E-state index contributed by atoms with van der Waals surface area (Å²) in [6, 6.07) is 0. The topological polar surface area (TPSA) is 104 Å². The van der Waals surface area contributed by atoms with Crippen molar-refractivity contribution in [1.29, 1.82) is 0 Å². The Bertz CT molecular complexity index is 945. The zero-order chi connectivity index (χ0) is 24.4. The largest absolute Gasteiger partial charge is 1.00 e. The van der Waals surface area contributed by atoms with Gasteiger partial charge < -0.3 is 14.9 Å². The second kappa shape index (κ2) is 12.8. The van der Waals surface area contributed by atoms with E-state index in [0.717, 1.165) is 44.1 Å². The first-order chi connectivity index (χ1) is 15.5. The fourth-order valence-corrected chi connectivity index (χ4v) is 9.07. The minimum absolute atomic E-state index is 0. The Labute approximate surface area is 285 Å². The number of Topliss-reactive ketones (excluding diaryl/α,β-unsaturated/α-hetero) is 1. The van der Waals surface area contributed by atoms with Gasteiger partial charge in [-0.1, -0.05) is 38.8 Å². The summed E-state index contributed by atoms with van der Waals surface area (Å²) in [4.78, 5) is 33.8. The molecule has 5 rings (SSSR count). The molecule has 0 unspecified atom stereocenters. The molecule has 8 atom stereocenters. The molecule has 0 bridgehead atoms. The zero-order valence-corrected chi connectivity index (χ0v) is 29.0. The van der Waals surface area contributed by atoms with E-state index in [1.165, 1.54) is 0 Å². The quantitative estimate of drug-likeness (QED) is 0.220. The van der Waals surface area contributed by atoms with E-state index in [1.807, 2.05) is 6.08 Å². The Balaban J connectivity index is 0.00000177. The molecular formula is C27H44KO6S3+. The van der Waals surface area contributed by atoms with Gasteiger partial charge in [-0.3, -0.25) is 14.4 Å². The van der Waals surface area contributed by atoms with Crippen LogP contribution < -0.4 is 51.4 Å². The summed E-state index contributed by atoms with van der Waals surface area (Å²) < 4.78 is 6.74. The summed E-state index contributed by atoms with van der Waals surface area (Å²) in [5.41, 5.74) is -1.15. The Morgan fingerprint density at radius 2 is 1.84 bits per heavy atom. The first-order valence-electron chi connectivity index (χ1n) is 12.3. The van der Waals surface area contributed by atoms with Crippen LogP contribution in [0.1, 0.15) is 79.1 Å². The van der Waals surface area contributed by atoms with Crippen LogP contribution in [0.25, 0.3) is 0 Å². The number of ketones is 2. The fraction of sp³-hybridized carbons (Fsp3) is 0.741. The standard InChI is InChI=1S/C26H36O4.CH2O2.K.3H2S/c1-6-10-24(29)12-9-20-23(24,5)15-21-26(30-21)22(4)11-8-18(28)13-17(22)14-19(16(3)27)25(20,26)7-2;2-1-3;;;;/h7,13,19-21,29H,2,6,8-12,14-15H2,1,3-5H3;1H,(H,2,3);;3*1H2/q;;+1;;;/t19-,20+,21+,22-,23-,24-,25-,26-;;;;;/m0...../s1. The number of epoxide rings is 1. The summed E-state index contributed by atoms with van der Waals surface area (Å²) in [7, 11) is 0. The minimum Gasteiger partial charge on any atom is -0.483 e. The van der Waals surface area contributed by atoms with Crippen molar-refractivity contribution in [3.63, 3.8) is 0 Å². The molecule has 0 amide bonds. The van der Waals surface area contributed by atoms with Gasteiger partial charge in [-0.25, -0.2) is 0 Å². The van der Waals surface area contributed by atoms with Gasteiger partial charge in [0.1, 0.15) is 11.4 Å². The van der Waals surface area contributed by atoms with Gasteiger partial charge in [-0.05, 0) is 57.4 Å². The van der Waals surface area contributed by atoms with Crippen molar-refractivity contribution < 1.29 is 80.7 Å². The predicted molar refractivity (Wildman–Crippen MR) is 155 cm³/mol. The van der Waals surface area contributed by atoms with E-state index in [-0.39, 0.29) is 139 Å². The van der Waals surface area contributed by atoms with E-state index >= 15 is 0 Å². The third-order valence-corrected chi connectivity index (χ3v) is 10.5. The number of carbonyl (C=O) groups excluding carboxylic acids is 2. The summed E-state index contributed by atoms with van der Waals surface area (Å²) in [6.07, 6.45) is 10.0. The molecular weight excluding hydrogens is 556 g/mol. The number of fused-ring (bicyclic) bond motifs is 3. The maximum absolute atomic E-state index is 13.1. The van der Waals surface area contributed by atoms with Crippen LogP contribution in [-0.4, -0.2) is 45.6 Å². The minimum atomic E-state index is -0.721. The summed E-state index contributed by atoms with van der Waals surface area (Å²) >= 11 is 0. The van der Waals surface area contributed by atoms with Gasteiger partial charge in [-0.2, -0.15) is 40.5 Å². The van der Waals surface area contributed by atoms with Crippen LogP contribution in [0.5, 0.6) is 0 Å². The molecule has 0 radical (unpaired) electrons. The summed E-state index contributed by atoms with van der Waals surface area (Å²) in [6.45, 7) is 12.4. The van der Waals surface area contributed by atoms with Gasteiger partial charge in [0.2, 0.25) is 0 Å². The SMILES string of the molecule is C=C[C@@]12[C@H](C(C)=O)CC3=CC(=O)CC[C@]3(C)[C@]13O[C@@H]3C[C@@]1(C)[C@H]2CC[C@@]1(O)CCC.O=CO.S.S.S.[K+]. The molecule has 1 spiro atoms. The van der Waals surface area contributed by atoms with Gasteiger partial charge in [0, 0.05) is 28.6 Å². The van der Waals surface area contributed by atoms with Gasteiger partial charge >= 0.3 is 51.4 Å². The molecule has 5 aliphatic rings. The first kappa shape index (κ1) is 37.9. The van der Waals surface area contributed by atoms with Crippen molar-refractivity contribution in [2.45, 2.75) is 96.4 Å². The van der Waals surface area contributed by atoms with Crippen molar-refractivity contribution in [1.82, 2.24) is 0 Å². The van der Waals surface area contributed by atoms with E-state index in [4.69, 9.17) is 14.6 Å². The molecule has 37 heavy (non-hydrogen) atoms. The fourth-order valence-electron chi connectivity index (χ4n) is 9.07. The summed E-state index contributed by atoms with van der Waals surface area (Å²) in [5.74, 6) is 0.226. The zero-order valence-electron chi connectivity index (χ0n) is 22.9. The van der Waals surface area contributed by atoms with Crippen LogP contribution >= 0.6 is 40.5 Å². The number of ether oxygens (including phenoxy) is 1. The predicted octanol–water partition coefficient (Wildman–Crippen LogP) is 1.60. The molecule has 0 aromatic carbocycles. The van der Waals surface area contributed by atoms with Gasteiger partial charge in [0.05, 0.1) is 11.7 Å².